The molecule has 2 aliphatic heterocycles. The van der Waals surface area contributed by atoms with Gasteiger partial charge in [-0.25, -0.2) is 0 Å². The molecule has 2 saturated carbocycles. The lowest BCUT2D eigenvalue weighted by atomic mass is 9.88. The Balaban J connectivity index is 1.17. The van der Waals surface area contributed by atoms with E-state index in [1.807, 2.05) is 30.6 Å². The summed E-state index contributed by atoms with van der Waals surface area (Å²) in [5.74, 6) is 1.78. The van der Waals surface area contributed by atoms with Crippen molar-refractivity contribution in [2.24, 2.45) is 10.9 Å². The highest BCUT2D eigenvalue weighted by Gasteiger charge is 2.39. The second-order valence-corrected chi connectivity index (χ2v) is 10.7. The van der Waals surface area contributed by atoms with Crippen molar-refractivity contribution in [2.75, 3.05) is 19.4 Å². The maximum absolute atomic E-state index is 6.29. The second kappa shape index (κ2) is 8.70. The Kier molecular flexibility index (Phi) is 6.57. The highest BCUT2D eigenvalue weighted by atomic mass is 35.5. The van der Waals surface area contributed by atoms with E-state index in [1.165, 1.54) is 30.7 Å². The smallest absolute Gasteiger partial charge is 0.157 e. The van der Waals surface area contributed by atoms with Crippen molar-refractivity contribution in [3.63, 3.8) is 0 Å². The van der Waals surface area contributed by atoms with Gasteiger partial charge in [-0.3, -0.25) is 10.3 Å². The fraction of sp³-hybridized carbons (Fsp3) is 0.944. The first-order valence-electron chi connectivity index (χ1n) is 9.62. The number of thioether (sulfide) groups is 2. The Morgan fingerprint density at radius 1 is 1.28 bits per heavy atom. The van der Waals surface area contributed by atoms with Crippen LogP contribution in [0.3, 0.4) is 0 Å². The molecule has 2 aliphatic carbocycles. The van der Waals surface area contributed by atoms with Gasteiger partial charge in [0.15, 0.2) is 5.56 Å². The minimum Gasteiger partial charge on any atom is -0.381 e. The standard InChI is InChI=1S/C18H29ClN2O2S2/c1-22-13-5-2-11(3-6-13)17-20-9-14(25-17)10-24-18-21-15-8-12(19)4-7-16(15)23-18/h11-16,18,21H,2-10H2,1H3. The lowest BCUT2D eigenvalue weighted by Crippen LogP contribution is -2.38. The first kappa shape index (κ1) is 18.9. The molecule has 0 spiro atoms. The molecule has 1 N–H and O–H groups in total. The molecule has 3 fully saturated rings. The van der Waals surface area contributed by atoms with Gasteiger partial charge in [0.2, 0.25) is 0 Å². The molecule has 0 aromatic rings. The molecule has 4 rings (SSSR count). The molecule has 0 amide bonds. The van der Waals surface area contributed by atoms with Gasteiger partial charge in [0, 0.05) is 35.4 Å². The van der Waals surface area contributed by atoms with E-state index in [1.54, 1.807) is 0 Å². The van der Waals surface area contributed by atoms with Crippen LogP contribution in [0.1, 0.15) is 44.9 Å². The van der Waals surface area contributed by atoms with Crippen LogP contribution in [-0.2, 0) is 9.47 Å². The molecule has 0 aromatic heterocycles. The maximum atomic E-state index is 6.29. The summed E-state index contributed by atoms with van der Waals surface area (Å²) in [6.07, 6.45) is 8.90. The Morgan fingerprint density at radius 3 is 2.92 bits per heavy atom. The van der Waals surface area contributed by atoms with E-state index >= 15 is 0 Å². The second-order valence-electron chi connectivity index (χ2n) is 7.65. The maximum Gasteiger partial charge on any atom is 0.157 e. The number of ether oxygens (including phenoxy) is 2. The van der Waals surface area contributed by atoms with Crippen LogP contribution in [0.4, 0.5) is 0 Å². The minimum absolute atomic E-state index is 0.138. The van der Waals surface area contributed by atoms with Gasteiger partial charge in [-0.2, -0.15) is 0 Å². The summed E-state index contributed by atoms with van der Waals surface area (Å²) in [6, 6.07) is 0.452. The summed E-state index contributed by atoms with van der Waals surface area (Å²) in [6.45, 7) is 0.973. The number of fused-ring (bicyclic) bond motifs is 1. The fourth-order valence-electron chi connectivity index (χ4n) is 4.38. The number of hydrogen-bond acceptors (Lipinski definition) is 6. The van der Waals surface area contributed by atoms with Crippen LogP contribution in [0.5, 0.6) is 0 Å². The van der Waals surface area contributed by atoms with Crippen molar-refractivity contribution in [1.29, 1.82) is 0 Å². The third-order valence-corrected chi connectivity index (χ3v) is 9.01. The molecule has 7 heteroatoms. The zero-order chi connectivity index (χ0) is 17.2. The highest BCUT2D eigenvalue weighted by molar-refractivity contribution is 8.15. The van der Waals surface area contributed by atoms with Gasteiger partial charge in [-0.1, -0.05) is 0 Å². The van der Waals surface area contributed by atoms with Crippen LogP contribution in [0.25, 0.3) is 0 Å². The number of methoxy groups -OCH3 is 1. The molecule has 0 radical (unpaired) electrons. The zero-order valence-corrected chi connectivity index (χ0v) is 17.3. The molecule has 2 heterocycles. The van der Waals surface area contributed by atoms with Crippen LogP contribution in [0.2, 0.25) is 0 Å². The summed E-state index contributed by atoms with van der Waals surface area (Å²) in [5.41, 5.74) is 0.138. The first-order valence-corrected chi connectivity index (χ1v) is 12.0. The molecule has 0 aromatic carbocycles. The third-order valence-electron chi connectivity index (χ3n) is 5.90. The lowest BCUT2D eigenvalue weighted by molar-refractivity contribution is 0.0650. The molecule has 1 saturated heterocycles. The number of halogens is 1. The quantitative estimate of drug-likeness (QED) is 0.704. The number of aliphatic imine (C=N–C) groups is 1. The average molecular weight is 405 g/mol. The molecular weight excluding hydrogens is 376 g/mol. The van der Waals surface area contributed by atoms with E-state index in [2.05, 4.69) is 5.32 Å². The van der Waals surface area contributed by atoms with Gasteiger partial charge >= 0.3 is 0 Å². The molecule has 5 unspecified atom stereocenters. The average Bonchev–Trinajstić information content (AvgIpc) is 3.26. The van der Waals surface area contributed by atoms with Crippen molar-refractivity contribution in [1.82, 2.24) is 5.32 Å². The first-order chi connectivity index (χ1) is 12.2. The van der Waals surface area contributed by atoms with Gasteiger partial charge in [-0.15, -0.1) is 35.1 Å². The third kappa shape index (κ3) is 4.69. The fourth-order valence-corrected chi connectivity index (χ4v) is 7.26. The van der Waals surface area contributed by atoms with E-state index in [0.717, 1.165) is 31.6 Å². The molecule has 0 bridgehead atoms. The van der Waals surface area contributed by atoms with Crippen LogP contribution < -0.4 is 5.32 Å². The minimum atomic E-state index is 0.138. The molecule has 25 heavy (non-hydrogen) atoms. The van der Waals surface area contributed by atoms with E-state index < -0.39 is 0 Å². The van der Waals surface area contributed by atoms with Gasteiger partial charge in [-0.05, 0) is 44.9 Å². The summed E-state index contributed by atoms with van der Waals surface area (Å²) in [5, 5.41) is 5.95. The van der Waals surface area contributed by atoms with Crippen molar-refractivity contribution in [3.05, 3.63) is 0 Å². The Bertz CT molecular complexity index is 488. The summed E-state index contributed by atoms with van der Waals surface area (Å²) < 4.78 is 11.7. The number of hydrogen-bond donors (Lipinski definition) is 1. The largest absolute Gasteiger partial charge is 0.381 e. The topological polar surface area (TPSA) is 42.8 Å². The highest BCUT2D eigenvalue weighted by Crippen LogP contribution is 2.38. The Morgan fingerprint density at radius 2 is 2.12 bits per heavy atom. The molecule has 5 atom stereocenters. The number of nitrogens with zero attached hydrogens (tertiary/aromatic N) is 1. The van der Waals surface area contributed by atoms with Crippen molar-refractivity contribution < 1.29 is 9.47 Å². The van der Waals surface area contributed by atoms with E-state index in [0.29, 0.717) is 34.8 Å². The van der Waals surface area contributed by atoms with E-state index in [4.69, 9.17) is 26.1 Å². The molecule has 4 aliphatic rings. The number of alkyl halides is 1. The number of rotatable bonds is 5. The summed E-state index contributed by atoms with van der Waals surface area (Å²) in [4.78, 5) is 4.87. The van der Waals surface area contributed by atoms with E-state index in [-0.39, 0.29) is 5.56 Å². The predicted octanol–water partition coefficient (Wildman–Crippen LogP) is 3.87. The molecule has 4 nitrogen and oxygen atoms in total. The monoisotopic (exact) mass is 404 g/mol. The molecular formula is C18H29ClN2O2S2. The SMILES string of the molecule is COC1CCC(C2=NCC(CSC3NC4CC(Cl)CCC4O3)S2)CC1. The van der Waals surface area contributed by atoms with E-state index in [9.17, 15) is 0 Å². The molecule has 142 valence electrons. The van der Waals surface area contributed by atoms with Gasteiger partial charge in [0.05, 0.1) is 23.8 Å². The van der Waals surface area contributed by atoms with Crippen LogP contribution in [-0.4, -0.2) is 58.9 Å². The Hall–Kier alpha value is 0.540. The van der Waals surface area contributed by atoms with Crippen molar-refractivity contribution >= 4 is 40.2 Å². The van der Waals surface area contributed by atoms with Gasteiger partial charge in [0.25, 0.3) is 0 Å². The van der Waals surface area contributed by atoms with Crippen LogP contribution in [0, 0.1) is 5.92 Å². The van der Waals surface area contributed by atoms with Crippen molar-refractivity contribution in [3.8, 4) is 0 Å². The van der Waals surface area contributed by atoms with Crippen molar-refractivity contribution in [2.45, 2.75) is 79.4 Å². The van der Waals surface area contributed by atoms with Crippen LogP contribution in [0.15, 0.2) is 4.99 Å². The summed E-state index contributed by atoms with van der Waals surface area (Å²) in [7, 11) is 1.84. The predicted molar refractivity (Wildman–Crippen MR) is 108 cm³/mol. The zero-order valence-electron chi connectivity index (χ0n) is 14.9. The van der Waals surface area contributed by atoms with Crippen LogP contribution >= 0.6 is 35.1 Å². The Labute approximate surface area is 164 Å². The van der Waals surface area contributed by atoms with Gasteiger partial charge in [0.1, 0.15) is 0 Å². The summed E-state index contributed by atoms with van der Waals surface area (Å²) >= 11 is 10.2. The van der Waals surface area contributed by atoms with Gasteiger partial charge < -0.3 is 9.47 Å². The number of nitrogens with one attached hydrogen (secondary N) is 1. The normalized spacial score (nSPS) is 44.6. The lowest BCUT2D eigenvalue weighted by Gasteiger charge is -2.27.